The number of nitrogens with one attached hydrogen (secondary N) is 1. The number of carbonyl (C=O) groups is 2. The van der Waals surface area contributed by atoms with Crippen LogP contribution in [0.2, 0.25) is 10.0 Å². The van der Waals surface area contributed by atoms with Crippen LogP contribution in [0.3, 0.4) is 0 Å². The first kappa shape index (κ1) is 17.8. The summed E-state index contributed by atoms with van der Waals surface area (Å²) in [7, 11) is 0. The molecule has 0 saturated carbocycles. The van der Waals surface area contributed by atoms with Crippen LogP contribution < -0.4 is 10.2 Å². The maximum Gasteiger partial charge on any atom is 0.229 e. The molecule has 0 spiro atoms. The summed E-state index contributed by atoms with van der Waals surface area (Å²) in [5.74, 6) is -0.677. The standard InChI is InChI=1S/C19H18Cl2N2O2/c1-11-3-5-14(8-16(11)20)22-19(25)13-7-18(24)23(10-13)15-6-4-12(2)17(21)9-15/h3-6,8-9,13H,7,10H2,1-2H3,(H,22,25)/t13-/m0/s1. The summed E-state index contributed by atoms with van der Waals surface area (Å²) in [4.78, 5) is 26.4. The Morgan fingerprint density at radius 1 is 1.08 bits per heavy atom. The van der Waals surface area contributed by atoms with Crippen molar-refractivity contribution in [3.8, 4) is 0 Å². The number of amides is 2. The first-order chi connectivity index (χ1) is 11.8. The third kappa shape index (κ3) is 3.80. The van der Waals surface area contributed by atoms with E-state index < -0.39 is 5.92 Å². The van der Waals surface area contributed by atoms with Crippen LogP contribution in [0.4, 0.5) is 11.4 Å². The summed E-state index contributed by atoms with van der Waals surface area (Å²) in [6.45, 7) is 4.14. The van der Waals surface area contributed by atoms with Gasteiger partial charge in [0.1, 0.15) is 0 Å². The Kier molecular flexibility index (Phi) is 5.02. The van der Waals surface area contributed by atoms with Gasteiger partial charge in [-0.2, -0.15) is 0 Å². The van der Waals surface area contributed by atoms with Crippen molar-refractivity contribution < 1.29 is 9.59 Å². The molecule has 0 radical (unpaired) electrons. The second kappa shape index (κ2) is 7.06. The average molecular weight is 377 g/mol. The molecule has 130 valence electrons. The molecule has 2 aromatic rings. The van der Waals surface area contributed by atoms with Crippen LogP contribution in [0.25, 0.3) is 0 Å². The van der Waals surface area contributed by atoms with Crippen LogP contribution in [0.15, 0.2) is 36.4 Å². The lowest BCUT2D eigenvalue weighted by Crippen LogP contribution is -2.28. The van der Waals surface area contributed by atoms with Gasteiger partial charge in [-0.15, -0.1) is 0 Å². The van der Waals surface area contributed by atoms with Crippen molar-refractivity contribution in [1.29, 1.82) is 0 Å². The van der Waals surface area contributed by atoms with Crippen molar-refractivity contribution in [2.45, 2.75) is 20.3 Å². The Labute approximate surface area is 156 Å². The normalized spacial score (nSPS) is 17.0. The zero-order valence-electron chi connectivity index (χ0n) is 14.0. The molecular weight excluding hydrogens is 359 g/mol. The number of benzene rings is 2. The van der Waals surface area contributed by atoms with E-state index in [-0.39, 0.29) is 18.2 Å². The predicted octanol–water partition coefficient (Wildman–Crippen LogP) is 4.60. The molecule has 0 unspecified atom stereocenters. The third-order valence-corrected chi connectivity index (χ3v) is 5.22. The smallest absolute Gasteiger partial charge is 0.229 e. The van der Waals surface area contributed by atoms with E-state index in [0.29, 0.717) is 28.0 Å². The number of hydrogen-bond donors (Lipinski definition) is 1. The van der Waals surface area contributed by atoms with Gasteiger partial charge in [-0.1, -0.05) is 35.3 Å². The van der Waals surface area contributed by atoms with Gasteiger partial charge in [-0.3, -0.25) is 9.59 Å². The van der Waals surface area contributed by atoms with Gasteiger partial charge in [0.15, 0.2) is 0 Å². The Balaban J connectivity index is 1.71. The predicted molar refractivity (Wildman–Crippen MR) is 101 cm³/mol. The summed E-state index contributed by atoms with van der Waals surface area (Å²) in [5.41, 5.74) is 3.24. The van der Waals surface area contributed by atoms with Crippen molar-refractivity contribution in [2.75, 3.05) is 16.8 Å². The number of nitrogens with zero attached hydrogens (tertiary/aromatic N) is 1. The fourth-order valence-corrected chi connectivity index (χ4v) is 3.15. The monoisotopic (exact) mass is 376 g/mol. The van der Waals surface area contributed by atoms with E-state index in [1.54, 1.807) is 23.1 Å². The molecule has 0 bridgehead atoms. The molecule has 1 aliphatic heterocycles. The van der Waals surface area contributed by atoms with Gasteiger partial charge in [0.25, 0.3) is 0 Å². The molecular formula is C19H18Cl2N2O2. The maximum atomic E-state index is 12.5. The molecule has 1 N–H and O–H groups in total. The minimum atomic E-state index is -0.410. The zero-order chi connectivity index (χ0) is 18.1. The molecule has 1 heterocycles. The molecule has 0 aliphatic carbocycles. The van der Waals surface area contributed by atoms with Gasteiger partial charge in [-0.25, -0.2) is 0 Å². The van der Waals surface area contributed by atoms with E-state index in [4.69, 9.17) is 23.2 Å². The highest BCUT2D eigenvalue weighted by Gasteiger charge is 2.35. The SMILES string of the molecule is Cc1ccc(NC(=O)[C@H]2CC(=O)N(c3ccc(C)c(Cl)c3)C2)cc1Cl. The largest absolute Gasteiger partial charge is 0.326 e. The number of anilines is 2. The quantitative estimate of drug-likeness (QED) is 0.850. The number of carbonyl (C=O) groups excluding carboxylic acids is 2. The first-order valence-corrected chi connectivity index (χ1v) is 8.74. The molecule has 0 aromatic heterocycles. The molecule has 6 heteroatoms. The summed E-state index contributed by atoms with van der Waals surface area (Å²) >= 11 is 12.2. The van der Waals surface area contributed by atoms with Gasteiger partial charge < -0.3 is 10.2 Å². The minimum absolute atomic E-state index is 0.0815. The highest BCUT2D eigenvalue weighted by molar-refractivity contribution is 6.32. The number of halogens is 2. The van der Waals surface area contributed by atoms with Crippen LogP contribution >= 0.6 is 23.2 Å². The molecule has 25 heavy (non-hydrogen) atoms. The zero-order valence-corrected chi connectivity index (χ0v) is 15.5. The number of hydrogen-bond acceptors (Lipinski definition) is 2. The van der Waals surface area contributed by atoms with Crippen molar-refractivity contribution in [3.63, 3.8) is 0 Å². The molecule has 1 atom stereocenters. The van der Waals surface area contributed by atoms with E-state index in [9.17, 15) is 9.59 Å². The number of aryl methyl sites for hydroxylation is 2. The van der Waals surface area contributed by atoms with Gasteiger partial charge in [0.2, 0.25) is 11.8 Å². The highest BCUT2D eigenvalue weighted by Crippen LogP contribution is 2.29. The Bertz CT molecular complexity index is 851. The Morgan fingerprint density at radius 3 is 2.36 bits per heavy atom. The van der Waals surface area contributed by atoms with E-state index in [1.165, 1.54) is 0 Å². The second-order valence-electron chi connectivity index (χ2n) is 6.29. The Hall–Kier alpha value is -2.04. The van der Waals surface area contributed by atoms with Gasteiger partial charge in [0.05, 0.1) is 5.92 Å². The molecule has 2 aromatic carbocycles. The summed E-state index contributed by atoms with van der Waals surface area (Å²) < 4.78 is 0. The summed E-state index contributed by atoms with van der Waals surface area (Å²) in [6.07, 6.45) is 0.178. The minimum Gasteiger partial charge on any atom is -0.326 e. The Morgan fingerprint density at radius 2 is 1.72 bits per heavy atom. The first-order valence-electron chi connectivity index (χ1n) is 7.98. The maximum absolute atomic E-state index is 12.5. The van der Waals surface area contributed by atoms with Crippen LogP contribution in [0.1, 0.15) is 17.5 Å². The van der Waals surface area contributed by atoms with Crippen molar-refractivity contribution in [2.24, 2.45) is 5.92 Å². The molecule has 2 amide bonds. The van der Waals surface area contributed by atoms with E-state index in [0.717, 1.165) is 11.1 Å². The van der Waals surface area contributed by atoms with Crippen LogP contribution in [-0.2, 0) is 9.59 Å². The van der Waals surface area contributed by atoms with Crippen molar-refractivity contribution >= 4 is 46.4 Å². The van der Waals surface area contributed by atoms with Crippen LogP contribution in [0.5, 0.6) is 0 Å². The second-order valence-corrected chi connectivity index (χ2v) is 7.11. The van der Waals surface area contributed by atoms with Gasteiger partial charge in [0, 0.05) is 34.4 Å². The molecule has 1 fully saturated rings. The topological polar surface area (TPSA) is 49.4 Å². The van der Waals surface area contributed by atoms with Gasteiger partial charge >= 0.3 is 0 Å². The fourth-order valence-electron chi connectivity index (χ4n) is 2.80. The average Bonchev–Trinajstić information content (AvgIpc) is 2.95. The van der Waals surface area contributed by atoms with Crippen LogP contribution in [-0.4, -0.2) is 18.4 Å². The summed E-state index contributed by atoms with van der Waals surface area (Å²) in [6, 6.07) is 10.8. The number of rotatable bonds is 3. The fraction of sp³-hybridized carbons (Fsp3) is 0.263. The molecule has 1 aliphatic rings. The van der Waals surface area contributed by atoms with E-state index in [1.807, 2.05) is 32.0 Å². The van der Waals surface area contributed by atoms with E-state index >= 15 is 0 Å². The lowest BCUT2D eigenvalue weighted by Gasteiger charge is -2.17. The molecule has 4 nitrogen and oxygen atoms in total. The summed E-state index contributed by atoms with van der Waals surface area (Å²) in [5, 5.41) is 4.03. The lowest BCUT2D eigenvalue weighted by molar-refractivity contribution is -0.122. The highest BCUT2D eigenvalue weighted by atomic mass is 35.5. The van der Waals surface area contributed by atoms with Crippen LogP contribution in [0, 0.1) is 19.8 Å². The van der Waals surface area contributed by atoms with Crippen molar-refractivity contribution in [3.05, 3.63) is 57.6 Å². The lowest BCUT2D eigenvalue weighted by atomic mass is 10.1. The van der Waals surface area contributed by atoms with Gasteiger partial charge in [-0.05, 0) is 49.2 Å². The van der Waals surface area contributed by atoms with E-state index in [2.05, 4.69) is 5.32 Å². The molecule has 1 saturated heterocycles. The third-order valence-electron chi connectivity index (χ3n) is 4.40. The van der Waals surface area contributed by atoms with Crippen molar-refractivity contribution in [1.82, 2.24) is 0 Å². The molecule has 3 rings (SSSR count).